The molecule has 0 aliphatic heterocycles. The molecule has 0 amide bonds. The van der Waals surface area contributed by atoms with Crippen molar-refractivity contribution in [1.29, 1.82) is 0 Å². The zero-order valence-corrected chi connectivity index (χ0v) is 15.4. The summed E-state index contributed by atoms with van der Waals surface area (Å²) in [5.74, 6) is -0.188. The van der Waals surface area contributed by atoms with E-state index in [1.54, 1.807) is 60.7 Å². The largest absolute Gasteiger partial charge is 0.289 e. The molecule has 0 aromatic heterocycles. The van der Waals surface area contributed by atoms with Crippen LogP contribution in [0.5, 0.6) is 0 Å². The number of ketones is 1. The zero-order valence-electron chi connectivity index (χ0n) is 13.9. The van der Waals surface area contributed by atoms with E-state index < -0.39 is 0 Å². The molecule has 0 aliphatic carbocycles. The van der Waals surface area contributed by atoms with Crippen LogP contribution in [0, 0.1) is 0 Å². The molecule has 3 rings (SSSR count). The van der Waals surface area contributed by atoms with Crippen LogP contribution in [0.1, 0.15) is 21.5 Å². The van der Waals surface area contributed by atoms with Gasteiger partial charge >= 0.3 is 0 Å². The number of hydrogen-bond donors (Lipinski definition) is 0. The third-order valence-electron chi connectivity index (χ3n) is 3.72. The lowest BCUT2D eigenvalue weighted by Gasteiger charge is -2.06. The number of azide groups is 1. The van der Waals surface area contributed by atoms with Gasteiger partial charge in [0.25, 0.3) is 0 Å². The Morgan fingerprint density at radius 1 is 0.926 bits per heavy atom. The Bertz CT molecular complexity index is 1070. The number of hydrogen-bond acceptors (Lipinski definition) is 3. The first-order valence-electron chi connectivity index (χ1n) is 7.86. The Balaban J connectivity index is 2.04. The lowest BCUT2D eigenvalue weighted by atomic mass is 10.0. The topological polar surface area (TPSA) is 78.2 Å². The average molecular weight is 395 g/mol. The molecule has 0 atom stereocenters. The van der Waals surface area contributed by atoms with E-state index in [-0.39, 0.29) is 5.78 Å². The van der Waals surface area contributed by atoms with E-state index in [1.807, 2.05) is 6.07 Å². The Hall–Kier alpha value is -3.11. The van der Waals surface area contributed by atoms with E-state index in [4.69, 9.17) is 28.7 Å². The number of halogens is 2. The number of nitrogens with zero attached hydrogens (tertiary/aromatic N) is 4. The highest BCUT2D eigenvalue weighted by Crippen LogP contribution is 2.27. The Kier molecular flexibility index (Phi) is 5.89. The quantitative estimate of drug-likeness (QED) is 0.152. The molecule has 0 bridgehead atoms. The van der Waals surface area contributed by atoms with Crippen molar-refractivity contribution in [2.24, 2.45) is 10.1 Å². The van der Waals surface area contributed by atoms with E-state index in [0.29, 0.717) is 38.1 Å². The molecule has 0 N–H and O–H groups in total. The summed E-state index contributed by atoms with van der Waals surface area (Å²) in [7, 11) is 0. The van der Waals surface area contributed by atoms with Gasteiger partial charge in [-0.05, 0) is 35.9 Å². The molecular formula is C20H12Cl2N4O. The predicted octanol–water partition coefficient (Wildman–Crippen LogP) is 6.92. The molecular weight excluding hydrogens is 383 g/mol. The van der Waals surface area contributed by atoms with Gasteiger partial charge in [0, 0.05) is 43.5 Å². The van der Waals surface area contributed by atoms with Gasteiger partial charge in [0.2, 0.25) is 0 Å². The second-order valence-corrected chi connectivity index (χ2v) is 6.38. The molecule has 3 aromatic rings. The molecule has 0 fully saturated rings. The first-order valence-corrected chi connectivity index (χ1v) is 8.62. The molecule has 0 spiro atoms. The van der Waals surface area contributed by atoms with Gasteiger partial charge in [-0.2, -0.15) is 0 Å². The average Bonchev–Trinajstić information content (AvgIpc) is 2.69. The highest BCUT2D eigenvalue weighted by atomic mass is 35.5. The molecule has 0 heterocycles. The van der Waals surface area contributed by atoms with E-state index >= 15 is 0 Å². The maximum atomic E-state index is 12.8. The minimum Gasteiger partial charge on any atom is -0.289 e. The van der Waals surface area contributed by atoms with Crippen LogP contribution in [0.4, 0.5) is 11.4 Å². The summed E-state index contributed by atoms with van der Waals surface area (Å²) in [5, 5.41) is 4.53. The smallest absolute Gasteiger partial charge is 0.195 e. The molecule has 0 aliphatic rings. The lowest BCUT2D eigenvalue weighted by molar-refractivity contribution is 0.103. The van der Waals surface area contributed by atoms with Crippen LogP contribution >= 0.6 is 23.2 Å². The van der Waals surface area contributed by atoms with Crippen LogP contribution in [0.2, 0.25) is 10.0 Å². The normalized spacial score (nSPS) is 10.6. The van der Waals surface area contributed by atoms with Crippen molar-refractivity contribution >= 4 is 46.6 Å². The summed E-state index contributed by atoms with van der Waals surface area (Å²) >= 11 is 12.1. The highest BCUT2D eigenvalue weighted by molar-refractivity contribution is 6.31. The van der Waals surface area contributed by atoms with Crippen molar-refractivity contribution in [1.82, 2.24) is 0 Å². The van der Waals surface area contributed by atoms with E-state index in [1.165, 1.54) is 6.21 Å². The fourth-order valence-electron chi connectivity index (χ4n) is 2.45. The van der Waals surface area contributed by atoms with Crippen LogP contribution in [-0.4, -0.2) is 12.0 Å². The molecule has 0 radical (unpaired) electrons. The SMILES string of the molecule is [N-]=[N+]=Nc1ccc(Cl)cc1C=Nc1ccc(Cl)cc1C(=O)c1ccccc1. The fourth-order valence-corrected chi connectivity index (χ4v) is 2.81. The molecule has 0 saturated heterocycles. The molecule has 7 heteroatoms. The van der Waals surface area contributed by atoms with Crippen LogP contribution in [0.25, 0.3) is 10.4 Å². The number of rotatable bonds is 5. The Morgan fingerprint density at radius 3 is 2.30 bits per heavy atom. The van der Waals surface area contributed by atoms with Crippen molar-refractivity contribution in [3.8, 4) is 0 Å². The summed E-state index contributed by atoms with van der Waals surface area (Å²) in [6.07, 6.45) is 1.50. The van der Waals surface area contributed by atoms with Crippen molar-refractivity contribution in [2.45, 2.75) is 0 Å². The van der Waals surface area contributed by atoms with Crippen molar-refractivity contribution < 1.29 is 4.79 Å². The second-order valence-electron chi connectivity index (χ2n) is 5.51. The van der Waals surface area contributed by atoms with Gasteiger partial charge in [0.1, 0.15) is 0 Å². The number of carbonyl (C=O) groups excluding carboxylic acids is 1. The summed E-state index contributed by atoms with van der Waals surface area (Å²) in [5.41, 5.74) is 11.0. The van der Waals surface area contributed by atoms with Crippen molar-refractivity contribution in [3.05, 3.63) is 104 Å². The summed E-state index contributed by atoms with van der Waals surface area (Å²) in [6, 6.07) is 18.6. The first-order chi connectivity index (χ1) is 13.1. The van der Waals surface area contributed by atoms with Gasteiger partial charge in [-0.3, -0.25) is 9.79 Å². The number of benzene rings is 3. The summed E-state index contributed by atoms with van der Waals surface area (Å²) in [4.78, 5) is 20.0. The maximum absolute atomic E-state index is 12.8. The third-order valence-corrected chi connectivity index (χ3v) is 4.19. The standard InChI is InChI=1S/C20H12Cl2N4O/c21-15-6-8-18(25-26-23)14(10-15)12-24-19-9-7-16(22)11-17(19)20(27)13-4-2-1-3-5-13/h1-12H. The maximum Gasteiger partial charge on any atom is 0.195 e. The molecule has 0 unspecified atom stereocenters. The van der Waals surface area contributed by atoms with Gasteiger partial charge in [-0.15, -0.1) is 0 Å². The van der Waals surface area contributed by atoms with Crippen molar-refractivity contribution in [3.63, 3.8) is 0 Å². The van der Waals surface area contributed by atoms with Crippen molar-refractivity contribution in [2.75, 3.05) is 0 Å². The minimum absolute atomic E-state index is 0.188. The Morgan fingerprint density at radius 2 is 1.59 bits per heavy atom. The highest BCUT2D eigenvalue weighted by Gasteiger charge is 2.14. The molecule has 132 valence electrons. The Labute approximate surface area is 165 Å². The number of aliphatic imine (C=N–C) groups is 1. The van der Waals surface area contributed by atoms with Crippen LogP contribution in [0.15, 0.2) is 76.8 Å². The van der Waals surface area contributed by atoms with Gasteiger partial charge in [0.05, 0.1) is 5.69 Å². The molecule has 27 heavy (non-hydrogen) atoms. The summed E-state index contributed by atoms with van der Waals surface area (Å²) < 4.78 is 0. The zero-order chi connectivity index (χ0) is 19.2. The van der Waals surface area contributed by atoms with E-state index in [2.05, 4.69) is 15.0 Å². The van der Waals surface area contributed by atoms with Crippen LogP contribution in [0.3, 0.4) is 0 Å². The minimum atomic E-state index is -0.188. The van der Waals surface area contributed by atoms with Crippen LogP contribution < -0.4 is 0 Å². The van der Waals surface area contributed by atoms with Gasteiger partial charge in [-0.1, -0.05) is 64.7 Å². The second kappa shape index (κ2) is 8.52. The van der Waals surface area contributed by atoms with Gasteiger partial charge in [0.15, 0.2) is 5.78 Å². The van der Waals surface area contributed by atoms with E-state index in [0.717, 1.165) is 0 Å². The van der Waals surface area contributed by atoms with Crippen LogP contribution in [-0.2, 0) is 0 Å². The predicted molar refractivity (Wildman–Crippen MR) is 109 cm³/mol. The fraction of sp³-hybridized carbons (Fsp3) is 0. The number of carbonyl (C=O) groups is 1. The van der Waals surface area contributed by atoms with Gasteiger partial charge in [-0.25, -0.2) is 0 Å². The van der Waals surface area contributed by atoms with Gasteiger partial charge < -0.3 is 0 Å². The third kappa shape index (κ3) is 4.54. The first kappa shape index (κ1) is 18.7. The molecule has 3 aromatic carbocycles. The monoisotopic (exact) mass is 394 g/mol. The lowest BCUT2D eigenvalue weighted by Crippen LogP contribution is -2.01. The molecule has 0 saturated carbocycles. The summed E-state index contributed by atoms with van der Waals surface area (Å²) in [6.45, 7) is 0. The molecule has 5 nitrogen and oxygen atoms in total. The van der Waals surface area contributed by atoms with E-state index in [9.17, 15) is 4.79 Å².